The molecule has 0 radical (unpaired) electrons. The molecule has 0 saturated heterocycles. The van der Waals surface area contributed by atoms with E-state index in [1.807, 2.05) is 31.2 Å². The summed E-state index contributed by atoms with van der Waals surface area (Å²) in [6.07, 6.45) is 5.73. The Morgan fingerprint density at radius 2 is 1.85 bits per heavy atom. The number of aliphatic hydroxyl groups excluding tert-OH is 1. The SMILES string of the molecule is CCOc1ccc(C(CN)C(O)C2CCCCC2)cc1. The second kappa shape index (κ2) is 7.65. The summed E-state index contributed by atoms with van der Waals surface area (Å²) < 4.78 is 5.46. The minimum Gasteiger partial charge on any atom is -0.494 e. The van der Waals surface area contributed by atoms with Gasteiger partial charge in [-0.3, -0.25) is 0 Å². The zero-order valence-corrected chi connectivity index (χ0v) is 12.4. The van der Waals surface area contributed by atoms with Crippen molar-refractivity contribution in [1.29, 1.82) is 0 Å². The van der Waals surface area contributed by atoms with E-state index in [0.717, 1.165) is 24.2 Å². The van der Waals surface area contributed by atoms with Crippen molar-refractivity contribution in [2.24, 2.45) is 11.7 Å². The summed E-state index contributed by atoms with van der Waals surface area (Å²) in [6, 6.07) is 8.01. The van der Waals surface area contributed by atoms with Gasteiger partial charge in [-0.15, -0.1) is 0 Å². The van der Waals surface area contributed by atoms with Crippen LogP contribution < -0.4 is 10.5 Å². The van der Waals surface area contributed by atoms with Crippen molar-refractivity contribution in [2.75, 3.05) is 13.2 Å². The zero-order chi connectivity index (χ0) is 14.4. The lowest BCUT2D eigenvalue weighted by Gasteiger charge is -2.32. The third-order valence-corrected chi connectivity index (χ3v) is 4.42. The van der Waals surface area contributed by atoms with Crippen LogP contribution in [0, 0.1) is 5.92 Å². The summed E-state index contributed by atoms with van der Waals surface area (Å²) in [5.41, 5.74) is 7.04. The summed E-state index contributed by atoms with van der Waals surface area (Å²) in [5.74, 6) is 1.32. The molecule has 2 rings (SSSR count). The second-order valence-electron chi connectivity index (χ2n) is 5.73. The van der Waals surface area contributed by atoms with Gasteiger partial charge in [0, 0.05) is 12.5 Å². The molecule has 2 unspecified atom stereocenters. The van der Waals surface area contributed by atoms with Crippen molar-refractivity contribution in [3.05, 3.63) is 29.8 Å². The molecular weight excluding hydrogens is 250 g/mol. The molecule has 20 heavy (non-hydrogen) atoms. The molecule has 1 aliphatic rings. The lowest BCUT2D eigenvalue weighted by Crippen LogP contribution is -2.33. The van der Waals surface area contributed by atoms with E-state index in [1.165, 1.54) is 19.3 Å². The average molecular weight is 277 g/mol. The topological polar surface area (TPSA) is 55.5 Å². The number of ether oxygens (including phenoxy) is 1. The Balaban J connectivity index is 2.05. The van der Waals surface area contributed by atoms with Crippen molar-refractivity contribution >= 4 is 0 Å². The molecule has 1 aliphatic carbocycles. The molecule has 0 aromatic heterocycles. The van der Waals surface area contributed by atoms with Gasteiger partial charge in [-0.25, -0.2) is 0 Å². The monoisotopic (exact) mass is 277 g/mol. The first-order valence-corrected chi connectivity index (χ1v) is 7.87. The second-order valence-corrected chi connectivity index (χ2v) is 5.73. The molecule has 1 aromatic rings. The minimum atomic E-state index is -0.321. The Kier molecular flexibility index (Phi) is 5.86. The molecule has 0 aliphatic heterocycles. The smallest absolute Gasteiger partial charge is 0.119 e. The highest BCUT2D eigenvalue weighted by atomic mass is 16.5. The standard InChI is InChI=1S/C17H27NO2/c1-2-20-15-10-8-13(9-11-15)16(12-18)17(19)14-6-4-3-5-7-14/h8-11,14,16-17,19H,2-7,12,18H2,1H3. The normalized spacial score (nSPS) is 19.6. The zero-order valence-electron chi connectivity index (χ0n) is 12.4. The molecule has 2 atom stereocenters. The van der Waals surface area contributed by atoms with Crippen LogP contribution >= 0.6 is 0 Å². The Morgan fingerprint density at radius 3 is 2.40 bits per heavy atom. The van der Waals surface area contributed by atoms with Crippen LogP contribution in [-0.4, -0.2) is 24.4 Å². The fourth-order valence-electron chi connectivity index (χ4n) is 3.25. The number of benzene rings is 1. The van der Waals surface area contributed by atoms with Crippen LogP contribution in [0.5, 0.6) is 5.75 Å². The molecule has 1 aromatic carbocycles. The van der Waals surface area contributed by atoms with Gasteiger partial charge in [0.25, 0.3) is 0 Å². The van der Waals surface area contributed by atoms with E-state index in [4.69, 9.17) is 10.5 Å². The molecule has 3 heteroatoms. The van der Waals surface area contributed by atoms with Gasteiger partial charge in [-0.2, -0.15) is 0 Å². The fourth-order valence-corrected chi connectivity index (χ4v) is 3.25. The molecule has 0 amide bonds. The maximum atomic E-state index is 10.6. The predicted octanol–water partition coefficient (Wildman–Crippen LogP) is 3.07. The molecule has 1 saturated carbocycles. The van der Waals surface area contributed by atoms with E-state index in [9.17, 15) is 5.11 Å². The first-order valence-electron chi connectivity index (χ1n) is 7.87. The first-order chi connectivity index (χ1) is 9.76. The number of nitrogens with two attached hydrogens (primary N) is 1. The van der Waals surface area contributed by atoms with Crippen LogP contribution in [0.15, 0.2) is 24.3 Å². The Morgan fingerprint density at radius 1 is 1.20 bits per heavy atom. The first kappa shape index (κ1) is 15.3. The molecular formula is C17H27NO2. The third-order valence-electron chi connectivity index (χ3n) is 4.42. The van der Waals surface area contributed by atoms with E-state index in [0.29, 0.717) is 19.1 Å². The maximum absolute atomic E-state index is 10.6. The van der Waals surface area contributed by atoms with Gasteiger partial charge in [0.05, 0.1) is 12.7 Å². The third kappa shape index (κ3) is 3.74. The molecule has 1 fully saturated rings. The quantitative estimate of drug-likeness (QED) is 0.840. The summed E-state index contributed by atoms with van der Waals surface area (Å²) in [5, 5.41) is 10.6. The lowest BCUT2D eigenvalue weighted by atomic mass is 9.78. The van der Waals surface area contributed by atoms with Crippen LogP contribution in [0.1, 0.15) is 50.5 Å². The summed E-state index contributed by atoms with van der Waals surface area (Å²) >= 11 is 0. The van der Waals surface area contributed by atoms with Crippen molar-refractivity contribution in [1.82, 2.24) is 0 Å². The van der Waals surface area contributed by atoms with Crippen molar-refractivity contribution in [3.8, 4) is 5.75 Å². The lowest BCUT2D eigenvalue weighted by molar-refractivity contribution is 0.0624. The van der Waals surface area contributed by atoms with Crippen LogP contribution in [0.3, 0.4) is 0 Å². The van der Waals surface area contributed by atoms with E-state index in [2.05, 4.69) is 0 Å². The highest BCUT2D eigenvalue weighted by molar-refractivity contribution is 5.30. The van der Waals surface area contributed by atoms with Gasteiger partial charge in [-0.05, 0) is 43.4 Å². The number of aliphatic hydroxyl groups is 1. The van der Waals surface area contributed by atoms with Gasteiger partial charge in [0.1, 0.15) is 5.75 Å². The molecule has 112 valence electrons. The minimum absolute atomic E-state index is 0.0359. The number of rotatable bonds is 6. The van der Waals surface area contributed by atoms with Crippen molar-refractivity contribution < 1.29 is 9.84 Å². The molecule has 3 N–H and O–H groups in total. The van der Waals surface area contributed by atoms with Crippen molar-refractivity contribution in [2.45, 2.75) is 51.0 Å². The number of hydrogen-bond donors (Lipinski definition) is 2. The van der Waals surface area contributed by atoms with Crippen LogP contribution in [0.25, 0.3) is 0 Å². The van der Waals surface area contributed by atoms with E-state index in [-0.39, 0.29) is 12.0 Å². The Hall–Kier alpha value is -1.06. The van der Waals surface area contributed by atoms with Gasteiger partial charge in [-0.1, -0.05) is 31.4 Å². The fraction of sp³-hybridized carbons (Fsp3) is 0.647. The van der Waals surface area contributed by atoms with Crippen LogP contribution in [0.4, 0.5) is 0 Å². The highest BCUT2D eigenvalue weighted by Gasteiger charge is 2.29. The molecule has 0 bridgehead atoms. The van der Waals surface area contributed by atoms with Crippen molar-refractivity contribution in [3.63, 3.8) is 0 Å². The van der Waals surface area contributed by atoms with Gasteiger partial charge >= 0.3 is 0 Å². The largest absolute Gasteiger partial charge is 0.494 e. The molecule has 0 heterocycles. The van der Waals surface area contributed by atoms with E-state index >= 15 is 0 Å². The molecule has 0 spiro atoms. The Bertz CT molecular complexity index is 384. The summed E-state index contributed by atoms with van der Waals surface area (Å²) in [6.45, 7) is 3.14. The Labute approximate surface area is 122 Å². The van der Waals surface area contributed by atoms with Gasteiger partial charge in [0.15, 0.2) is 0 Å². The highest BCUT2D eigenvalue weighted by Crippen LogP contribution is 2.33. The van der Waals surface area contributed by atoms with E-state index in [1.54, 1.807) is 0 Å². The summed E-state index contributed by atoms with van der Waals surface area (Å²) in [7, 11) is 0. The van der Waals surface area contributed by atoms with Gasteiger partial charge < -0.3 is 15.6 Å². The van der Waals surface area contributed by atoms with Crippen LogP contribution in [-0.2, 0) is 0 Å². The van der Waals surface area contributed by atoms with E-state index < -0.39 is 0 Å². The van der Waals surface area contributed by atoms with Gasteiger partial charge in [0.2, 0.25) is 0 Å². The molecule has 3 nitrogen and oxygen atoms in total. The summed E-state index contributed by atoms with van der Waals surface area (Å²) in [4.78, 5) is 0. The number of hydrogen-bond acceptors (Lipinski definition) is 3. The average Bonchev–Trinajstić information content (AvgIpc) is 2.51. The maximum Gasteiger partial charge on any atom is 0.119 e. The predicted molar refractivity (Wildman–Crippen MR) is 82.0 cm³/mol. The van der Waals surface area contributed by atoms with Crippen LogP contribution in [0.2, 0.25) is 0 Å².